The lowest BCUT2D eigenvalue weighted by atomic mass is 9.94. The summed E-state index contributed by atoms with van der Waals surface area (Å²) in [6, 6.07) is 12.5. The number of piperidine rings is 1. The van der Waals surface area contributed by atoms with Gasteiger partial charge in [0.25, 0.3) is 0 Å². The van der Waals surface area contributed by atoms with E-state index in [0.29, 0.717) is 5.92 Å². The molecule has 0 aliphatic carbocycles. The molecule has 0 radical (unpaired) electrons. The third-order valence-electron chi connectivity index (χ3n) is 5.07. The van der Waals surface area contributed by atoms with Gasteiger partial charge in [-0.05, 0) is 43.7 Å². The standard InChI is InChI=1S/C21H25N5/c1-2-20-23-12-14-26(20)21-10-5-9-19(24-21)17-7-6-13-25(15-17)16-18-8-3-4-11-22-18/h3-5,8-12,14,17H,2,6-7,13,15-16H2,1H3. The fourth-order valence-electron chi connectivity index (χ4n) is 3.77. The lowest BCUT2D eigenvalue weighted by Crippen LogP contribution is -2.34. The number of aryl methyl sites for hydroxylation is 1. The zero-order chi connectivity index (χ0) is 17.8. The van der Waals surface area contributed by atoms with Gasteiger partial charge in [0.05, 0.1) is 5.69 Å². The van der Waals surface area contributed by atoms with Crippen molar-refractivity contribution in [2.75, 3.05) is 13.1 Å². The summed E-state index contributed by atoms with van der Waals surface area (Å²) in [5.41, 5.74) is 2.32. The van der Waals surface area contributed by atoms with Crippen molar-refractivity contribution in [3.05, 3.63) is 72.2 Å². The molecule has 0 amide bonds. The summed E-state index contributed by atoms with van der Waals surface area (Å²) in [6.07, 6.45) is 9.02. The average molecular weight is 347 g/mol. The van der Waals surface area contributed by atoms with Crippen LogP contribution in [0.5, 0.6) is 0 Å². The van der Waals surface area contributed by atoms with E-state index in [1.54, 1.807) is 0 Å². The summed E-state index contributed by atoms with van der Waals surface area (Å²) in [4.78, 5) is 16.4. The highest BCUT2D eigenvalue weighted by Crippen LogP contribution is 2.27. The molecular weight excluding hydrogens is 322 g/mol. The highest BCUT2D eigenvalue weighted by molar-refractivity contribution is 5.28. The zero-order valence-electron chi connectivity index (χ0n) is 15.3. The molecule has 1 aliphatic rings. The molecule has 5 nitrogen and oxygen atoms in total. The van der Waals surface area contributed by atoms with E-state index in [2.05, 4.69) is 56.7 Å². The van der Waals surface area contributed by atoms with E-state index >= 15 is 0 Å². The summed E-state index contributed by atoms with van der Waals surface area (Å²) >= 11 is 0. The number of imidazole rings is 1. The Bertz CT molecular complexity index is 842. The molecule has 4 rings (SSSR count). The number of likely N-dealkylation sites (tertiary alicyclic amines) is 1. The van der Waals surface area contributed by atoms with Crippen LogP contribution in [-0.2, 0) is 13.0 Å². The molecule has 0 bridgehead atoms. The highest BCUT2D eigenvalue weighted by Gasteiger charge is 2.23. The second kappa shape index (κ2) is 7.79. The van der Waals surface area contributed by atoms with E-state index in [0.717, 1.165) is 43.4 Å². The smallest absolute Gasteiger partial charge is 0.138 e. The molecule has 3 aromatic rings. The molecule has 1 saturated heterocycles. The molecule has 1 unspecified atom stereocenters. The maximum absolute atomic E-state index is 4.97. The van der Waals surface area contributed by atoms with Crippen LogP contribution in [0.3, 0.4) is 0 Å². The van der Waals surface area contributed by atoms with Crippen molar-refractivity contribution in [3.63, 3.8) is 0 Å². The second-order valence-electron chi connectivity index (χ2n) is 6.88. The first kappa shape index (κ1) is 16.9. The number of pyridine rings is 2. The molecule has 1 atom stereocenters. The maximum atomic E-state index is 4.97. The van der Waals surface area contributed by atoms with E-state index < -0.39 is 0 Å². The van der Waals surface area contributed by atoms with Crippen molar-refractivity contribution in [3.8, 4) is 5.82 Å². The van der Waals surface area contributed by atoms with E-state index in [1.165, 1.54) is 18.5 Å². The van der Waals surface area contributed by atoms with Crippen LogP contribution in [0.2, 0.25) is 0 Å². The normalized spacial score (nSPS) is 18.1. The Morgan fingerprint density at radius 3 is 2.88 bits per heavy atom. The van der Waals surface area contributed by atoms with E-state index in [-0.39, 0.29) is 0 Å². The lowest BCUT2D eigenvalue weighted by molar-refractivity contribution is 0.196. The molecule has 26 heavy (non-hydrogen) atoms. The van der Waals surface area contributed by atoms with Crippen LogP contribution in [0.4, 0.5) is 0 Å². The number of nitrogens with zero attached hydrogens (tertiary/aromatic N) is 5. The van der Waals surface area contributed by atoms with Gasteiger partial charge in [-0.25, -0.2) is 9.97 Å². The van der Waals surface area contributed by atoms with Crippen LogP contribution in [0.15, 0.2) is 55.0 Å². The van der Waals surface area contributed by atoms with Crippen molar-refractivity contribution in [1.82, 2.24) is 24.4 Å². The van der Waals surface area contributed by atoms with Crippen molar-refractivity contribution >= 4 is 0 Å². The average Bonchev–Trinajstić information content (AvgIpc) is 3.18. The molecule has 134 valence electrons. The van der Waals surface area contributed by atoms with Gasteiger partial charge in [-0.1, -0.05) is 19.1 Å². The molecular formula is C21H25N5. The molecule has 3 aromatic heterocycles. The molecule has 0 N–H and O–H groups in total. The van der Waals surface area contributed by atoms with Crippen LogP contribution in [0, 0.1) is 0 Å². The SMILES string of the molecule is CCc1nccn1-c1cccc(C2CCCN(Cc3ccccn3)C2)n1. The number of hydrogen-bond donors (Lipinski definition) is 0. The maximum Gasteiger partial charge on any atom is 0.138 e. The van der Waals surface area contributed by atoms with E-state index in [1.807, 2.05) is 24.7 Å². The van der Waals surface area contributed by atoms with Gasteiger partial charge in [0.1, 0.15) is 11.6 Å². The molecule has 0 spiro atoms. The largest absolute Gasteiger partial charge is 0.297 e. The third-order valence-corrected chi connectivity index (χ3v) is 5.07. The van der Waals surface area contributed by atoms with Gasteiger partial charge in [0.2, 0.25) is 0 Å². The minimum absolute atomic E-state index is 0.473. The fraction of sp³-hybridized carbons (Fsp3) is 0.381. The summed E-state index contributed by atoms with van der Waals surface area (Å²) < 4.78 is 2.10. The Kier molecular flexibility index (Phi) is 5.07. The monoisotopic (exact) mass is 347 g/mol. The van der Waals surface area contributed by atoms with Gasteiger partial charge in [0, 0.05) is 49.7 Å². The van der Waals surface area contributed by atoms with Gasteiger partial charge in [-0.3, -0.25) is 14.5 Å². The van der Waals surface area contributed by atoms with Crippen molar-refractivity contribution in [2.24, 2.45) is 0 Å². The molecule has 0 saturated carbocycles. The Morgan fingerprint density at radius 2 is 2.04 bits per heavy atom. The highest BCUT2D eigenvalue weighted by atomic mass is 15.1. The van der Waals surface area contributed by atoms with Gasteiger partial charge in [-0.15, -0.1) is 0 Å². The zero-order valence-corrected chi connectivity index (χ0v) is 15.3. The van der Waals surface area contributed by atoms with Crippen LogP contribution in [0.1, 0.15) is 42.9 Å². The molecule has 4 heterocycles. The summed E-state index contributed by atoms with van der Waals surface area (Å²) in [7, 11) is 0. The van der Waals surface area contributed by atoms with E-state index in [9.17, 15) is 0 Å². The van der Waals surface area contributed by atoms with Gasteiger partial charge >= 0.3 is 0 Å². The Balaban J connectivity index is 1.51. The Hall–Kier alpha value is -2.53. The Morgan fingerprint density at radius 1 is 1.08 bits per heavy atom. The number of hydrogen-bond acceptors (Lipinski definition) is 4. The number of aromatic nitrogens is 4. The predicted molar refractivity (Wildman–Crippen MR) is 102 cm³/mol. The predicted octanol–water partition coefficient (Wildman–Crippen LogP) is 3.60. The second-order valence-corrected chi connectivity index (χ2v) is 6.88. The third kappa shape index (κ3) is 3.68. The van der Waals surface area contributed by atoms with Crippen molar-refractivity contribution in [1.29, 1.82) is 0 Å². The van der Waals surface area contributed by atoms with Gasteiger partial charge in [0.15, 0.2) is 0 Å². The summed E-state index contributed by atoms with van der Waals surface area (Å²) in [6.45, 7) is 5.21. The summed E-state index contributed by atoms with van der Waals surface area (Å²) in [5.74, 6) is 2.50. The molecule has 1 fully saturated rings. The number of rotatable bonds is 5. The lowest BCUT2D eigenvalue weighted by Gasteiger charge is -2.32. The fourth-order valence-corrected chi connectivity index (χ4v) is 3.77. The van der Waals surface area contributed by atoms with Crippen LogP contribution >= 0.6 is 0 Å². The first-order valence-corrected chi connectivity index (χ1v) is 9.45. The first-order chi connectivity index (χ1) is 12.8. The minimum Gasteiger partial charge on any atom is -0.297 e. The topological polar surface area (TPSA) is 46.8 Å². The van der Waals surface area contributed by atoms with Crippen molar-refractivity contribution in [2.45, 2.75) is 38.6 Å². The van der Waals surface area contributed by atoms with Crippen molar-refractivity contribution < 1.29 is 0 Å². The molecule has 5 heteroatoms. The Labute approximate surface area is 154 Å². The quantitative estimate of drug-likeness (QED) is 0.707. The van der Waals surface area contributed by atoms with Gasteiger partial charge < -0.3 is 0 Å². The van der Waals surface area contributed by atoms with E-state index in [4.69, 9.17) is 4.98 Å². The van der Waals surface area contributed by atoms with Crippen LogP contribution in [0.25, 0.3) is 5.82 Å². The van der Waals surface area contributed by atoms with Crippen LogP contribution < -0.4 is 0 Å². The van der Waals surface area contributed by atoms with Gasteiger partial charge in [-0.2, -0.15) is 0 Å². The summed E-state index contributed by atoms with van der Waals surface area (Å²) in [5, 5.41) is 0. The van der Waals surface area contributed by atoms with Crippen LogP contribution in [-0.4, -0.2) is 37.5 Å². The minimum atomic E-state index is 0.473. The molecule has 0 aromatic carbocycles. The first-order valence-electron chi connectivity index (χ1n) is 9.45. The molecule has 1 aliphatic heterocycles.